The fraction of sp³-hybridized carbons (Fsp3) is 0.417. The molecule has 5 heteroatoms. The molecule has 2 aromatic carbocycles. The molecule has 0 radical (unpaired) electrons. The number of amides is 2. The lowest BCUT2D eigenvalue weighted by Crippen LogP contribution is -2.41. The maximum atomic E-state index is 12.9. The van der Waals surface area contributed by atoms with Gasteiger partial charge in [0, 0.05) is 24.7 Å². The quantitative estimate of drug-likeness (QED) is 0.805. The van der Waals surface area contributed by atoms with Crippen molar-refractivity contribution in [3.8, 4) is 5.75 Å². The normalized spacial score (nSPS) is 14.7. The summed E-state index contributed by atoms with van der Waals surface area (Å²) in [4.78, 5) is 27.6. The van der Waals surface area contributed by atoms with Crippen LogP contribution in [0.2, 0.25) is 0 Å². The Morgan fingerprint density at radius 1 is 1.07 bits per heavy atom. The van der Waals surface area contributed by atoms with E-state index in [0.717, 1.165) is 16.8 Å². The van der Waals surface area contributed by atoms with Gasteiger partial charge in [-0.15, -0.1) is 0 Å². The Hall–Kier alpha value is -2.82. The van der Waals surface area contributed by atoms with Crippen LogP contribution < -0.4 is 10.1 Å². The molecule has 0 aliphatic carbocycles. The first-order valence-corrected chi connectivity index (χ1v) is 10.2. The molecule has 1 aliphatic rings. The predicted octanol–water partition coefficient (Wildman–Crippen LogP) is 4.62. The fourth-order valence-electron chi connectivity index (χ4n) is 3.90. The summed E-state index contributed by atoms with van der Waals surface area (Å²) in [6, 6.07) is 13.4. The van der Waals surface area contributed by atoms with Gasteiger partial charge in [-0.1, -0.05) is 44.2 Å². The van der Waals surface area contributed by atoms with Crippen LogP contribution >= 0.6 is 0 Å². The minimum Gasteiger partial charge on any atom is -0.496 e. The molecule has 0 bridgehead atoms. The molecule has 0 unspecified atom stereocenters. The molecule has 0 spiro atoms. The summed E-state index contributed by atoms with van der Waals surface area (Å²) in [5, 5.41) is 3.16. The van der Waals surface area contributed by atoms with E-state index in [1.807, 2.05) is 36.1 Å². The van der Waals surface area contributed by atoms with E-state index in [0.29, 0.717) is 43.2 Å². The lowest BCUT2D eigenvalue weighted by atomic mass is 9.93. The third-order valence-corrected chi connectivity index (χ3v) is 5.67. The molecule has 1 aliphatic heterocycles. The number of methoxy groups -OCH3 is 1. The third kappa shape index (κ3) is 4.61. The van der Waals surface area contributed by atoms with Crippen LogP contribution in [-0.4, -0.2) is 36.9 Å². The molecule has 29 heavy (non-hydrogen) atoms. The molecule has 0 saturated carbocycles. The van der Waals surface area contributed by atoms with Gasteiger partial charge in [0.1, 0.15) is 5.75 Å². The topological polar surface area (TPSA) is 58.6 Å². The maximum Gasteiger partial charge on any atom is 0.257 e. The van der Waals surface area contributed by atoms with Crippen LogP contribution in [0.4, 0.5) is 5.69 Å². The highest BCUT2D eigenvalue weighted by atomic mass is 16.5. The standard InChI is InChI=1S/C24H30N2O3/c1-16(2)19-10-7-8-17(3)22(19)25-23(27)18-12-14-26(15-13-18)24(28)20-9-5-6-11-21(20)29-4/h5-11,16,18H,12-15H2,1-4H3,(H,25,27). The molecular formula is C24H30N2O3. The van der Waals surface area contributed by atoms with Crippen molar-refractivity contribution in [2.75, 3.05) is 25.5 Å². The first kappa shape index (κ1) is 20.9. The number of ether oxygens (including phenoxy) is 1. The number of hydrogen-bond acceptors (Lipinski definition) is 3. The number of benzene rings is 2. The number of piperidine rings is 1. The number of aryl methyl sites for hydroxylation is 1. The molecule has 1 heterocycles. The molecule has 0 atom stereocenters. The summed E-state index contributed by atoms with van der Waals surface area (Å²) in [6.07, 6.45) is 1.32. The molecule has 0 aromatic heterocycles. The fourth-order valence-corrected chi connectivity index (χ4v) is 3.90. The van der Waals surface area contributed by atoms with Crippen molar-refractivity contribution in [2.24, 2.45) is 5.92 Å². The van der Waals surface area contributed by atoms with Crippen LogP contribution in [0.1, 0.15) is 54.1 Å². The summed E-state index contributed by atoms with van der Waals surface area (Å²) in [7, 11) is 1.57. The smallest absolute Gasteiger partial charge is 0.257 e. The van der Waals surface area contributed by atoms with E-state index in [-0.39, 0.29) is 17.7 Å². The van der Waals surface area contributed by atoms with Gasteiger partial charge in [0.2, 0.25) is 5.91 Å². The van der Waals surface area contributed by atoms with E-state index in [9.17, 15) is 9.59 Å². The minimum absolute atomic E-state index is 0.0395. The maximum absolute atomic E-state index is 12.9. The number of likely N-dealkylation sites (tertiary alicyclic amines) is 1. The van der Waals surface area contributed by atoms with Gasteiger partial charge < -0.3 is 15.0 Å². The average molecular weight is 395 g/mol. The summed E-state index contributed by atoms with van der Waals surface area (Å²) in [5.74, 6) is 0.841. The zero-order valence-corrected chi connectivity index (χ0v) is 17.7. The second-order valence-electron chi connectivity index (χ2n) is 7.95. The van der Waals surface area contributed by atoms with Crippen molar-refractivity contribution in [3.05, 3.63) is 59.2 Å². The van der Waals surface area contributed by atoms with Crippen LogP contribution in [0.15, 0.2) is 42.5 Å². The molecule has 1 fully saturated rings. The third-order valence-electron chi connectivity index (χ3n) is 5.67. The first-order valence-electron chi connectivity index (χ1n) is 10.2. The van der Waals surface area contributed by atoms with Crippen LogP contribution in [0.3, 0.4) is 0 Å². The molecule has 3 rings (SSSR count). The van der Waals surface area contributed by atoms with E-state index in [4.69, 9.17) is 4.74 Å². The molecule has 1 N–H and O–H groups in total. The van der Waals surface area contributed by atoms with Crippen LogP contribution in [0.5, 0.6) is 5.75 Å². The van der Waals surface area contributed by atoms with E-state index in [1.165, 1.54) is 0 Å². The van der Waals surface area contributed by atoms with Gasteiger partial charge in [-0.3, -0.25) is 9.59 Å². The van der Waals surface area contributed by atoms with Crippen LogP contribution in [0, 0.1) is 12.8 Å². The number of anilines is 1. The number of hydrogen-bond donors (Lipinski definition) is 1. The highest BCUT2D eigenvalue weighted by Crippen LogP contribution is 2.29. The van der Waals surface area contributed by atoms with Gasteiger partial charge in [0.25, 0.3) is 5.91 Å². The Bertz CT molecular complexity index is 883. The first-order chi connectivity index (χ1) is 13.9. The number of rotatable bonds is 5. The number of para-hydroxylation sites is 2. The predicted molar refractivity (Wildman–Crippen MR) is 116 cm³/mol. The van der Waals surface area contributed by atoms with E-state index < -0.39 is 0 Å². The summed E-state index contributed by atoms with van der Waals surface area (Å²) >= 11 is 0. The van der Waals surface area contributed by atoms with Crippen molar-refractivity contribution in [3.63, 3.8) is 0 Å². The van der Waals surface area contributed by atoms with Crippen LogP contribution in [0.25, 0.3) is 0 Å². The van der Waals surface area contributed by atoms with Crippen molar-refractivity contribution >= 4 is 17.5 Å². The number of carbonyl (C=O) groups excluding carboxylic acids is 2. The van der Waals surface area contributed by atoms with E-state index in [1.54, 1.807) is 19.2 Å². The van der Waals surface area contributed by atoms with Gasteiger partial charge in [-0.2, -0.15) is 0 Å². The molecule has 2 amide bonds. The zero-order valence-electron chi connectivity index (χ0n) is 17.7. The van der Waals surface area contributed by atoms with Crippen molar-refractivity contribution in [1.82, 2.24) is 4.90 Å². The van der Waals surface area contributed by atoms with Gasteiger partial charge in [-0.05, 0) is 48.9 Å². The molecular weight excluding hydrogens is 364 g/mol. The van der Waals surface area contributed by atoms with Crippen molar-refractivity contribution in [1.29, 1.82) is 0 Å². The van der Waals surface area contributed by atoms with E-state index in [2.05, 4.69) is 25.2 Å². The van der Waals surface area contributed by atoms with Crippen molar-refractivity contribution < 1.29 is 14.3 Å². The number of nitrogens with one attached hydrogen (secondary N) is 1. The SMILES string of the molecule is COc1ccccc1C(=O)N1CCC(C(=O)Nc2c(C)cccc2C(C)C)CC1. The number of nitrogens with zero attached hydrogens (tertiary/aromatic N) is 1. The summed E-state index contributed by atoms with van der Waals surface area (Å²) in [5.41, 5.74) is 3.73. The Balaban J connectivity index is 1.64. The van der Waals surface area contributed by atoms with Crippen LogP contribution in [-0.2, 0) is 4.79 Å². The van der Waals surface area contributed by atoms with Gasteiger partial charge in [0.15, 0.2) is 0 Å². The Morgan fingerprint density at radius 2 is 1.76 bits per heavy atom. The highest BCUT2D eigenvalue weighted by Gasteiger charge is 2.29. The second kappa shape index (κ2) is 9.12. The summed E-state index contributed by atoms with van der Waals surface area (Å²) < 4.78 is 5.31. The summed E-state index contributed by atoms with van der Waals surface area (Å²) in [6.45, 7) is 7.42. The lowest BCUT2D eigenvalue weighted by molar-refractivity contribution is -0.121. The van der Waals surface area contributed by atoms with Gasteiger partial charge in [-0.25, -0.2) is 0 Å². The molecule has 1 saturated heterocycles. The monoisotopic (exact) mass is 394 g/mol. The highest BCUT2D eigenvalue weighted by molar-refractivity contribution is 5.97. The van der Waals surface area contributed by atoms with E-state index >= 15 is 0 Å². The molecule has 2 aromatic rings. The van der Waals surface area contributed by atoms with Gasteiger partial charge >= 0.3 is 0 Å². The van der Waals surface area contributed by atoms with Crippen molar-refractivity contribution in [2.45, 2.75) is 39.5 Å². The van der Waals surface area contributed by atoms with Gasteiger partial charge in [0.05, 0.1) is 12.7 Å². The Kier molecular flexibility index (Phi) is 6.57. The molecule has 154 valence electrons. The number of carbonyl (C=O) groups is 2. The largest absolute Gasteiger partial charge is 0.496 e. The molecule has 5 nitrogen and oxygen atoms in total. The lowest BCUT2D eigenvalue weighted by Gasteiger charge is -2.32. The zero-order chi connectivity index (χ0) is 21.0. The Labute approximate surface area is 173 Å². The second-order valence-corrected chi connectivity index (χ2v) is 7.95. The Morgan fingerprint density at radius 3 is 2.41 bits per heavy atom. The minimum atomic E-state index is -0.0867. The average Bonchev–Trinajstić information content (AvgIpc) is 2.74.